The Morgan fingerprint density at radius 2 is 2.15 bits per heavy atom. The quantitative estimate of drug-likeness (QED) is 0.112. The molecule has 1 unspecified atom stereocenters. The molecule has 5 heterocycles. The number of carboxylic acids is 1. The summed E-state index contributed by atoms with van der Waals surface area (Å²) < 4.78 is 7.46. The lowest BCUT2D eigenvalue weighted by Gasteiger charge is -2.49. The molecule has 3 aromatic heterocycles. The number of aromatic nitrogens is 2. The van der Waals surface area contributed by atoms with E-state index in [1.807, 2.05) is 12.3 Å². The molecule has 5 rings (SSSR count). The molecule has 2 aliphatic heterocycles. The average Bonchev–Trinajstić information content (AvgIpc) is 3.55. The molecule has 1 saturated heterocycles. The van der Waals surface area contributed by atoms with Gasteiger partial charge in [0, 0.05) is 27.5 Å². The van der Waals surface area contributed by atoms with Crippen molar-refractivity contribution in [2.24, 2.45) is 5.16 Å². The largest absolute Gasteiger partial charge is 0.477 e. The Labute approximate surface area is 232 Å². The molecule has 0 spiro atoms. The second-order valence-electron chi connectivity index (χ2n) is 8.35. The number of thiophene rings is 1. The number of nitrogens with one attached hydrogen (secondary N) is 1. The summed E-state index contributed by atoms with van der Waals surface area (Å²) in [5.41, 5.74) is 6.13. The van der Waals surface area contributed by atoms with Crippen LogP contribution >= 0.6 is 34.4 Å². The normalized spacial score (nSPS) is 19.0. The number of carboxylic acid groups (broad SMARTS) is 1. The summed E-state index contributed by atoms with van der Waals surface area (Å²) in [5, 5.41) is 18.3. The summed E-state index contributed by atoms with van der Waals surface area (Å²) in [6.07, 6.45) is 3.59. The van der Waals surface area contributed by atoms with Crippen LogP contribution in [0.2, 0.25) is 0 Å². The molecule has 3 aromatic rings. The first kappa shape index (κ1) is 26.6. The topological polar surface area (TPSA) is 177 Å². The van der Waals surface area contributed by atoms with Gasteiger partial charge in [-0.3, -0.25) is 14.5 Å². The predicted molar refractivity (Wildman–Crippen MR) is 143 cm³/mol. The minimum absolute atomic E-state index is 0.111. The number of carbonyl (C=O) groups is 4. The maximum absolute atomic E-state index is 13.1. The Hall–Kier alpha value is -4.02. The molecule has 13 nitrogen and oxygen atoms in total. The van der Waals surface area contributed by atoms with Crippen molar-refractivity contribution < 1.29 is 38.4 Å². The highest BCUT2D eigenvalue weighted by Crippen LogP contribution is 2.40. The highest BCUT2D eigenvalue weighted by Gasteiger charge is 2.54. The second kappa shape index (κ2) is 10.6. The van der Waals surface area contributed by atoms with E-state index in [1.165, 1.54) is 47.6 Å². The fourth-order valence-corrected chi connectivity index (χ4v) is 7.09. The summed E-state index contributed by atoms with van der Waals surface area (Å²) in [6, 6.07) is 2.60. The van der Waals surface area contributed by atoms with E-state index in [4.69, 9.17) is 15.3 Å². The van der Waals surface area contributed by atoms with Crippen molar-refractivity contribution in [2.75, 3.05) is 25.7 Å². The van der Waals surface area contributed by atoms with Crippen LogP contribution in [0.1, 0.15) is 15.4 Å². The molecule has 39 heavy (non-hydrogen) atoms. The SMILES string of the molecule is CON=C(C(=O)NC1C(=O)N2C(C(=O)O)=C(C[n+]3ccc4sc(C(=O)OC)cc4c3)CS[C@@H]12)c1csc(N)n1. The van der Waals surface area contributed by atoms with Crippen LogP contribution in [0.15, 0.2) is 46.3 Å². The third kappa shape index (κ3) is 4.93. The van der Waals surface area contributed by atoms with Crippen LogP contribution in [0.25, 0.3) is 10.1 Å². The number of ether oxygens (including phenoxy) is 1. The zero-order valence-corrected chi connectivity index (χ0v) is 22.9. The molecule has 1 fully saturated rings. The standard InChI is InChI=1S/C23H20N6O7S3/c1-35-22(34)14-5-10-6-28(4-3-13(10)39-14)7-11-8-37-20-16(19(31)29(20)17(11)21(32)33)26-18(30)15(27-36-2)12-9-38-23(24)25-12/h3-6,9,16,20H,7-8H2,1-2H3,(H3-,24,25,26,30,32,33)/p+1/t16?,20-/m0/s1. The molecule has 0 bridgehead atoms. The number of thioether (sulfide) groups is 1. The van der Waals surface area contributed by atoms with Crippen molar-refractivity contribution in [3.8, 4) is 0 Å². The summed E-state index contributed by atoms with van der Waals surface area (Å²) >= 11 is 3.76. The number of anilines is 1. The van der Waals surface area contributed by atoms with Gasteiger partial charge < -0.3 is 25.7 Å². The van der Waals surface area contributed by atoms with Crippen LogP contribution in [0, 0.1) is 0 Å². The van der Waals surface area contributed by atoms with Crippen LogP contribution in [-0.2, 0) is 30.5 Å². The maximum atomic E-state index is 13.1. The number of esters is 1. The molecule has 0 saturated carbocycles. The predicted octanol–water partition coefficient (Wildman–Crippen LogP) is 0.803. The van der Waals surface area contributed by atoms with Crippen molar-refractivity contribution in [3.05, 3.63) is 51.7 Å². The van der Waals surface area contributed by atoms with Crippen LogP contribution in [0.4, 0.5) is 5.13 Å². The molecular formula is C23H21N6O7S3+. The number of methoxy groups -OCH3 is 1. The summed E-state index contributed by atoms with van der Waals surface area (Å²) in [5.74, 6) is -2.59. The Morgan fingerprint density at radius 3 is 2.82 bits per heavy atom. The number of amides is 2. The first-order valence-corrected chi connectivity index (χ1v) is 14.0. The van der Waals surface area contributed by atoms with Crippen molar-refractivity contribution in [3.63, 3.8) is 0 Å². The van der Waals surface area contributed by atoms with E-state index in [-0.39, 0.29) is 28.8 Å². The van der Waals surface area contributed by atoms with Crippen LogP contribution in [0.5, 0.6) is 0 Å². The number of hydrogen-bond acceptors (Lipinski definition) is 12. The second-order valence-corrected chi connectivity index (χ2v) is 11.4. The third-order valence-corrected chi connectivity index (χ3v) is 9.08. The Balaban J connectivity index is 1.35. The van der Waals surface area contributed by atoms with Gasteiger partial charge in [-0.1, -0.05) is 5.16 Å². The first-order valence-electron chi connectivity index (χ1n) is 11.3. The number of fused-ring (bicyclic) bond motifs is 2. The van der Waals surface area contributed by atoms with Gasteiger partial charge in [0.2, 0.25) is 0 Å². The van der Waals surface area contributed by atoms with E-state index in [1.54, 1.807) is 16.8 Å². The lowest BCUT2D eigenvalue weighted by molar-refractivity contribution is -0.687. The van der Waals surface area contributed by atoms with Crippen LogP contribution in [0.3, 0.4) is 0 Å². The molecule has 4 N–H and O–H groups in total. The molecule has 0 aromatic carbocycles. The van der Waals surface area contributed by atoms with E-state index >= 15 is 0 Å². The van der Waals surface area contributed by atoms with Crippen LogP contribution in [-0.4, -0.2) is 75.8 Å². The van der Waals surface area contributed by atoms with E-state index in [9.17, 15) is 24.3 Å². The summed E-state index contributed by atoms with van der Waals surface area (Å²) in [6.45, 7) is 0.220. The van der Waals surface area contributed by atoms with E-state index in [2.05, 4.69) is 15.5 Å². The molecule has 0 radical (unpaired) electrons. The number of thiazole rings is 1. The van der Waals surface area contributed by atoms with Crippen molar-refractivity contribution >= 4 is 79.1 Å². The molecular weight excluding hydrogens is 568 g/mol. The number of nitrogen functional groups attached to an aromatic ring is 1. The van der Waals surface area contributed by atoms with Gasteiger partial charge in [0.25, 0.3) is 11.8 Å². The lowest BCUT2D eigenvalue weighted by atomic mass is 10.0. The van der Waals surface area contributed by atoms with Crippen LogP contribution < -0.4 is 15.6 Å². The highest BCUT2D eigenvalue weighted by molar-refractivity contribution is 8.00. The maximum Gasteiger partial charge on any atom is 0.352 e. The Kier molecular flexibility index (Phi) is 7.24. The number of pyridine rings is 1. The monoisotopic (exact) mass is 589 g/mol. The number of carbonyl (C=O) groups excluding carboxylic acids is 3. The minimum Gasteiger partial charge on any atom is -0.477 e. The van der Waals surface area contributed by atoms with Gasteiger partial charge in [-0.15, -0.1) is 34.4 Å². The zero-order valence-electron chi connectivity index (χ0n) is 20.4. The third-order valence-electron chi connectivity index (χ3n) is 5.97. The van der Waals surface area contributed by atoms with E-state index in [0.717, 1.165) is 21.4 Å². The van der Waals surface area contributed by atoms with Gasteiger partial charge in [0.05, 0.1) is 12.5 Å². The molecule has 2 amide bonds. The minimum atomic E-state index is -1.24. The number of nitrogens with zero attached hydrogens (tertiary/aromatic N) is 4. The van der Waals surface area contributed by atoms with Gasteiger partial charge in [-0.2, -0.15) is 0 Å². The van der Waals surface area contributed by atoms with Crippen molar-refractivity contribution in [2.45, 2.75) is 18.0 Å². The van der Waals surface area contributed by atoms with Gasteiger partial charge in [-0.05, 0) is 6.07 Å². The molecule has 0 aliphatic carbocycles. The average molecular weight is 590 g/mol. The Morgan fingerprint density at radius 1 is 1.36 bits per heavy atom. The summed E-state index contributed by atoms with van der Waals surface area (Å²) in [7, 11) is 2.59. The summed E-state index contributed by atoms with van der Waals surface area (Å²) in [4.78, 5) is 60.6. The molecule has 16 heteroatoms. The van der Waals surface area contributed by atoms with Gasteiger partial charge in [0.1, 0.15) is 34.8 Å². The van der Waals surface area contributed by atoms with Crippen molar-refractivity contribution in [1.29, 1.82) is 0 Å². The molecule has 202 valence electrons. The van der Waals surface area contributed by atoms with Gasteiger partial charge >= 0.3 is 11.9 Å². The zero-order chi connectivity index (χ0) is 27.8. The van der Waals surface area contributed by atoms with Crippen molar-refractivity contribution in [1.82, 2.24) is 15.2 Å². The molecule has 2 aliphatic rings. The highest BCUT2D eigenvalue weighted by atomic mass is 32.2. The van der Waals surface area contributed by atoms with E-state index < -0.39 is 35.2 Å². The molecule has 2 atom stereocenters. The number of hydrogen-bond donors (Lipinski definition) is 3. The number of oxime groups is 1. The lowest BCUT2D eigenvalue weighted by Crippen LogP contribution is -2.71. The first-order chi connectivity index (χ1) is 18.7. The smallest absolute Gasteiger partial charge is 0.352 e. The van der Waals surface area contributed by atoms with Gasteiger partial charge in [0.15, 0.2) is 29.8 Å². The number of aliphatic carboxylic acids is 1. The number of nitrogens with two attached hydrogens (primary N) is 1. The van der Waals surface area contributed by atoms with E-state index in [0.29, 0.717) is 16.2 Å². The fraction of sp³-hybridized carbons (Fsp3) is 0.261. The Bertz CT molecular complexity index is 1580. The number of β-lactam (4-membered cyclic amide) rings is 1. The number of rotatable bonds is 8. The fourth-order valence-electron chi connectivity index (χ4n) is 4.26. The van der Waals surface area contributed by atoms with Gasteiger partial charge in [-0.25, -0.2) is 19.1 Å².